The molecule has 0 bridgehead atoms. The third-order valence-corrected chi connectivity index (χ3v) is 6.42. The minimum Gasteiger partial charge on any atom is -0.364 e. The van der Waals surface area contributed by atoms with E-state index in [2.05, 4.69) is 23.5 Å². The van der Waals surface area contributed by atoms with Crippen LogP contribution in [-0.4, -0.2) is 33.4 Å². The van der Waals surface area contributed by atoms with Crippen molar-refractivity contribution in [1.29, 1.82) is 0 Å². The molecule has 0 saturated carbocycles. The highest BCUT2D eigenvalue weighted by Gasteiger charge is 2.44. The van der Waals surface area contributed by atoms with Crippen LogP contribution < -0.4 is 5.32 Å². The molecular weight excluding hydrogens is 346 g/mol. The van der Waals surface area contributed by atoms with E-state index >= 15 is 0 Å². The van der Waals surface area contributed by atoms with Gasteiger partial charge in [-0.2, -0.15) is 0 Å². The summed E-state index contributed by atoms with van der Waals surface area (Å²) in [4.78, 5) is 0.368. The summed E-state index contributed by atoms with van der Waals surface area (Å²) in [7, 11) is -3.29. The molecule has 4 nitrogen and oxygen atoms in total. The molecule has 2 aromatic carbocycles. The molecule has 2 aliphatic heterocycles. The van der Waals surface area contributed by atoms with E-state index in [4.69, 9.17) is 4.74 Å². The van der Waals surface area contributed by atoms with Crippen molar-refractivity contribution in [3.05, 3.63) is 71.8 Å². The molecule has 1 N–H and O–H groups in total. The Bertz CT molecular complexity index is 937. The summed E-state index contributed by atoms with van der Waals surface area (Å²) >= 11 is 0. The topological polar surface area (TPSA) is 55.4 Å². The second kappa shape index (κ2) is 6.65. The van der Waals surface area contributed by atoms with E-state index in [-0.39, 0.29) is 6.04 Å². The average Bonchev–Trinajstić information content (AvgIpc) is 3.06. The molecule has 26 heavy (non-hydrogen) atoms. The Morgan fingerprint density at radius 3 is 2.58 bits per heavy atom. The van der Waals surface area contributed by atoms with Gasteiger partial charge in [-0.05, 0) is 48.2 Å². The van der Waals surface area contributed by atoms with Crippen molar-refractivity contribution in [2.75, 3.05) is 19.4 Å². The lowest BCUT2D eigenvalue weighted by Gasteiger charge is -2.40. The van der Waals surface area contributed by atoms with Gasteiger partial charge in [0.05, 0.1) is 17.5 Å². The van der Waals surface area contributed by atoms with Crippen molar-refractivity contribution < 1.29 is 13.2 Å². The highest BCUT2D eigenvalue weighted by atomic mass is 32.2. The summed E-state index contributed by atoms with van der Waals surface area (Å²) in [5.74, 6) is 0. The first-order valence-corrected chi connectivity index (χ1v) is 10.8. The van der Waals surface area contributed by atoms with Crippen LogP contribution in [0.2, 0.25) is 0 Å². The Labute approximate surface area is 154 Å². The zero-order valence-electron chi connectivity index (χ0n) is 14.8. The summed E-state index contributed by atoms with van der Waals surface area (Å²) < 4.78 is 30.7. The van der Waals surface area contributed by atoms with Gasteiger partial charge in [-0.25, -0.2) is 8.42 Å². The van der Waals surface area contributed by atoms with Crippen molar-refractivity contribution in [3.8, 4) is 0 Å². The molecular formula is C21H23NO3S. The summed E-state index contributed by atoms with van der Waals surface area (Å²) in [6, 6.07) is 17.6. The van der Waals surface area contributed by atoms with Crippen LogP contribution in [-0.2, 0) is 14.6 Å². The maximum Gasteiger partial charge on any atom is 0.176 e. The van der Waals surface area contributed by atoms with Crippen molar-refractivity contribution in [1.82, 2.24) is 5.32 Å². The number of benzene rings is 2. The fourth-order valence-corrected chi connectivity index (χ4v) is 5.01. The van der Waals surface area contributed by atoms with Crippen LogP contribution in [0.25, 0.3) is 5.57 Å². The highest BCUT2D eigenvalue weighted by molar-refractivity contribution is 7.90. The first kappa shape index (κ1) is 17.5. The molecule has 4 rings (SSSR count). The standard InChI is InChI=1S/C21H23NO3S/c1-26(23,24)19-11-6-5-10-18(19)17-14-21(25-15-17)12-7-13-22-20(21)16-8-3-2-4-9-16/h2-6,8-11,14,20,22H,7,12-13,15H2,1H3/t20-,21+/m0/s1. The Hall–Kier alpha value is -1.95. The normalized spacial score (nSPS) is 26.0. The van der Waals surface area contributed by atoms with Crippen LogP contribution in [0.4, 0.5) is 0 Å². The number of hydrogen-bond acceptors (Lipinski definition) is 4. The monoisotopic (exact) mass is 369 g/mol. The second-order valence-electron chi connectivity index (χ2n) is 7.08. The van der Waals surface area contributed by atoms with Gasteiger partial charge in [0.15, 0.2) is 9.84 Å². The molecule has 1 fully saturated rings. The minimum absolute atomic E-state index is 0.0698. The van der Waals surface area contributed by atoms with Gasteiger partial charge in [0, 0.05) is 6.26 Å². The number of sulfone groups is 1. The highest BCUT2D eigenvalue weighted by Crippen LogP contribution is 2.44. The van der Waals surface area contributed by atoms with E-state index in [1.54, 1.807) is 12.1 Å². The fourth-order valence-electron chi connectivity index (χ4n) is 4.09. The van der Waals surface area contributed by atoms with Crippen molar-refractivity contribution in [2.45, 2.75) is 29.4 Å². The van der Waals surface area contributed by atoms with Gasteiger partial charge in [-0.15, -0.1) is 0 Å². The van der Waals surface area contributed by atoms with Crippen LogP contribution >= 0.6 is 0 Å². The lowest BCUT2D eigenvalue weighted by Crippen LogP contribution is -2.47. The van der Waals surface area contributed by atoms with Gasteiger partial charge >= 0.3 is 0 Å². The fraction of sp³-hybridized carbons (Fsp3) is 0.333. The Kier molecular flexibility index (Phi) is 4.47. The first-order chi connectivity index (χ1) is 12.5. The Morgan fingerprint density at radius 1 is 1.08 bits per heavy atom. The summed E-state index contributed by atoms with van der Waals surface area (Å²) in [5, 5.41) is 3.60. The first-order valence-electron chi connectivity index (χ1n) is 8.93. The van der Waals surface area contributed by atoms with Crippen molar-refractivity contribution in [2.24, 2.45) is 0 Å². The van der Waals surface area contributed by atoms with E-state index in [9.17, 15) is 8.42 Å². The molecule has 5 heteroatoms. The van der Waals surface area contributed by atoms with Crippen LogP contribution in [0, 0.1) is 0 Å². The zero-order valence-corrected chi connectivity index (χ0v) is 15.6. The van der Waals surface area contributed by atoms with Crippen LogP contribution in [0.3, 0.4) is 0 Å². The molecule has 136 valence electrons. The van der Waals surface area contributed by atoms with Gasteiger partial charge in [0.25, 0.3) is 0 Å². The lowest BCUT2D eigenvalue weighted by molar-refractivity contribution is -0.0255. The molecule has 0 amide bonds. The smallest absolute Gasteiger partial charge is 0.176 e. The maximum atomic E-state index is 12.2. The Morgan fingerprint density at radius 2 is 1.81 bits per heavy atom. The molecule has 1 saturated heterocycles. The maximum absolute atomic E-state index is 12.2. The number of ether oxygens (including phenoxy) is 1. The zero-order chi connectivity index (χ0) is 18.2. The minimum atomic E-state index is -3.29. The number of hydrogen-bond donors (Lipinski definition) is 1. The Balaban J connectivity index is 1.77. The van der Waals surface area contributed by atoms with Crippen LogP contribution in [0.1, 0.15) is 30.0 Å². The summed E-state index contributed by atoms with van der Waals surface area (Å²) in [6.45, 7) is 1.38. The predicted molar refractivity (Wildman–Crippen MR) is 103 cm³/mol. The van der Waals surface area contributed by atoms with Gasteiger partial charge in [0.2, 0.25) is 0 Å². The number of rotatable bonds is 3. The van der Waals surface area contributed by atoms with Gasteiger partial charge in [-0.3, -0.25) is 0 Å². The molecule has 0 aromatic heterocycles. The van der Waals surface area contributed by atoms with E-state index in [0.29, 0.717) is 11.5 Å². The van der Waals surface area contributed by atoms with E-state index in [1.165, 1.54) is 11.8 Å². The molecule has 0 aliphatic carbocycles. The van der Waals surface area contributed by atoms with Crippen LogP contribution in [0.5, 0.6) is 0 Å². The number of piperidine rings is 1. The average molecular weight is 369 g/mol. The second-order valence-corrected chi connectivity index (χ2v) is 9.07. The molecule has 0 radical (unpaired) electrons. The van der Waals surface area contributed by atoms with Crippen molar-refractivity contribution >= 4 is 15.4 Å². The van der Waals surface area contributed by atoms with Crippen LogP contribution in [0.15, 0.2) is 65.6 Å². The summed E-state index contributed by atoms with van der Waals surface area (Å²) in [6.07, 6.45) is 5.36. The quantitative estimate of drug-likeness (QED) is 0.901. The van der Waals surface area contributed by atoms with Gasteiger partial charge in [-0.1, -0.05) is 48.5 Å². The molecule has 2 atom stereocenters. The third-order valence-electron chi connectivity index (χ3n) is 5.26. The molecule has 2 aliphatic rings. The van der Waals surface area contributed by atoms with Crippen molar-refractivity contribution in [3.63, 3.8) is 0 Å². The van der Waals surface area contributed by atoms with Gasteiger partial charge < -0.3 is 10.1 Å². The third kappa shape index (κ3) is 3.11. The SMILES string of the molecule is CS(=O)(=O)c1ccccc1C1=C[C@@]2(CCCN[C@H]2c2ccccc2)OC1. The molecule has 0 unspecified atom stereocenters. The molecule has 2 aromatic rings. The van der Waals surface area contributed by atoms with E-state index in [0.717, 1.165) is 30.5 Å². The summed E-state index contributed by atoms with van der Waals surface area (Å²) in [5.41, 5.74) is 2.47. The lowest BCUT2D eigenvalue weighted by atomic mass is 9.81. The van der Waals surface area contributed by atoms with E-state index in [1.807, 2.05) is 30.3 Å². The van der Waals surface area contributed by atoms with Gasteiger partial charge in [0.1, 0.15) is 5.60 Å². The largest absolute Gasteiger partial charge is 0.364 e. The molecule has 1 spiro atoms. The predicted octanol–water partition coefficient (Wildman–Crippen LogP) is 3.37. The van der Waals surface area contributed by atoms with E-state index < -0.39 is 15.4 Å². The number of nitrogens with one attached hydrogen (secondary N) is 1. The molecule has 2 heterocycles.